The Morgan fingerprint density at radius 1 is 1.23 bits per heavy atom. The smallest absolute Gasteiger partial charge is 0.188 e. The molecule has 3 rings (SSSR count). The Morgan fingerprint density at radius 2 is 1.95 bits per heavy atom. The summed E-state index contributed by atoms with van der Waals surface area (Å²) in [5, 5.41) is 0. The van der Waals surface area contributed by atoms with Crippen LogP contribution < -0.4 is 0 Å². The van der Waals surface area contributed by atoms with Crippen LogP contribution >= 0.6 is 0 Å². The van der Waals surface area contributed by atoms with Gasteiger partial charge in [-0.15, -0.1) is 12.3 Å². The van der Waals surface area contributed by atoms with Gasteiger partial charge < -0.3 is 9.47 Å². The van der Waals surface area contributed by atoms with Crippen molar-refractivity contribution >= 4 is 5.57 Å². The van der Waals surface area contributed by atoms with Gasteiger partial charge in [0, 0.05) is 12.8 Å². The highest BCUT2D eigenvalue weighted by Crippen LogP contribution is 2.42. The number of halogens is 1. The van der Waals surface area contributed by atoms with Crippen LogP contribution in [0.3, 0.4) is 0 Å². The fraction of sp³-hybridized carbons (Fsp3) is 0.474. The minimum absolute atomic E-state index is 0.216. The molecule has 1 heterocycles. The van der Waals surface area contributed by atoms with E-state index in [1.807, 2.05) is 12.1 Å². The molecule has 0 amide bonds. The number of hydrogen-bond acceptors (Lipinski definition) is 2. The third-order valence-corrected chi connectivity index (χ3v) is 4.48. The summed E-state index contributed by atoms with van der Waals surface area (Å²) in [6.45, 7) is 1.27. The zero-order valence-corrected chi connectivity index (χ0v) is 12.7. The summed E-state index contributed by atoms with van der Waals surface area (Å²) in [6, 6.07) is 6.69. The van der Waals surface area contributed by atoms with Gasteiger partial charge in [0.1, 0.15) is 5.82 Å². The molecule has 0 bridgehead atoms. The summed E-state index contributed by atoms with van der Waals surface area (Å²) < 4.78 is 24.9. The zero-order chi connectivity index (χ0) is 15.4. The second-order valence-corrected chi connectivity index (χ2v) is 5.95. The van der Waals surface area contributed by atoms with Crippen LogP contribution in [0.2, 0.25) is 0 Å². The molecule has 1 aliphatic heterocycles. The molecule has 0 saturated carbocycles. The highest BCUT2D eigenvalue weighted by atomic mass is 19.1. The van der Waals surface area contributed by atoms with Crippen molar-refractivity contribution in [3.05, 3.63) is 41.7 Å². The van der Waals surface area contributed by atoms with Crippen molar-refractivity contribution in [2.75, 3.05) is 13.2 Å². The minimum Gasteiger partial charge on any atom is -0.344 e. The Morgan fingerprint density at radius 3 is 2.64 bits per heavy atom. The molecule has 0 aromatic heterocycles. The quantitative estimate of drug-likeness (QED) is 0.614. The number of terminal acetylenes is 1. The molecule has 1 saturated heterocycles. The Bertz CT molecular complexity index is 576. The lowest BCUT2D eigenvalue weighted by Crippen LogP contribution is -2.32. The molecule has 1 spiro atoms. The summed E-state index contributed by atoms with van der Waals surface area (Å²) in [5.74, 6) is 2.33. The first-order chi connectivity index (χ1) is 10.7. The number of ether oxygens (including phenoxy) is 2. The van der Waals surface area contributed by atoms with Gasteiger partial charge in [0.05, 0.1) is 13.2 Å². The summed E-state index contributed by atoms with van der Waals surface area (Å²) in [5.41, 5.74) is 2.25. The molecule has 1 fully saturated rings. The van der Waals surface area contributed by atoms with Crippen LogP contribution in [0.4, 0.5) is 4.39 Å². The van der Waals surface area contributed by atoms with Crippen LogP contribution in [0.1, 0.15) is 37.7 Å². The largest absolute Gasteiger partial charge is 0.344 e. The minimum atomic E-state index is -0.577. The van der Waals surface area contributed by atoms with Crippen molar-refractivity contribution in [2.24, 2.45) is 5.92 Å². The Labute approximate surface area is 131 Å². The predicted octanol–water partition coefficient (Wildman–Crippen LogP) is 4.17. The molecule has 0 radical (unpaired) electrons. The fourth-order valence-corrected chi connectivity index (χ4v) is 3.37. The predicted molar refractivity (Wildman–Crippen MR) is 84.4 cm³/mol. The molecule has 1 aliphatic carbocycles. The molecule has 22 heavy (non-hydrogen) atoms. The summed E-state index contributed by atoms with van der Waals surface area (Å²) in [7, 11) is 0. The van der Waals surface area contributed by atoms with Gasteiger partial charge in [0.15, 0.2) is 5.79 Å². The van der Waals surface area contributed by atoms with E-state index >= 15 is 0 Å². The van der Waals surface area contributed by atoms with E-state index in [0.29, 0.717) is 19.1 Å². The van der Waals surface area contributed by atoms with Gasteiger partial charge in [-0.2, -0.15) is 0 Å². The Hall–Kier alpha value is -1.63. The first-order valence-corrected chi connectivity index (χ1v) is 7.92. The van der Waals surface area contributed by atoms with Gasteiger partial charge >= 0.3 is 0 Å². The van der Waals surface area contributed by atoms with E-state index < -0.39 is 5.79 Å². The van der Waals surface area contributed by atoms with Gasteiger partial charge in [0.2, 0.25) is 0 Å². The van der Waals surface area contributed by atoms with E-state index in [-0.39, 0.29) is 5.82 Å². The molecule has 1 atom stereocenters. The maximum absolute atomic E-state index is 13.2. The first-order valence-electron chi connectivity index (χ1n) is 7.92. The summed E-state index contributed by atoms with van der Waals surface area (Å²) in [4.78, 5) is 0. The van der Waals surface area contributed by atoms with Crippen molar-refractivity contribution in [1.29, 1.82) is 0 Å². The highest BCUT2D eigenvalue weighted by Gasteiger charge is 2.39. The van der Waals surface area contributed by atoms with E-state index in [1.165, 1.54) is 17.7 Å². The standard InChI is InChI=1S/C19H21FO2/c1-2-3-4-5-15-10-11-19(21-12-13-22-19)14-18(15)16-6-8-17(20)9-7-16/h1,6-9,14-15H,3-5,10-13H2. The van der Waals surface area contributed by atoms with E-state index in [4.69, 9.17) is 15.9 Å². The molecule has 1 aromatic carbocycles. The Balaban J connectivity index is 1.87. The first kappa shape index (κ1) is 15.3. The molecule has 116 valence electrons. The molecule has 3 heteroatoms. The lowest BCUT2D eigenvalue weighted by molar-refractivity contribution is -0.126. The highest BCUT2D eigenvalue weighted by molar-refractivity contribution is 5.69. The van der Waals surface area contributed by atoms with Gasteiger partial charge in [-0.05, 0) is 54.5 Å². The molecule has 1 aromatic rings. The van der Waals surface area contributed by atoms with Crippen LogP contribution in [0.5, 0.6) is 0 Å². The van der Waals surface area contributed by atoms with Crippen LogP contribution in [0, 0.1) is 24.1 Å². The van der Waals surface area contributed by atoms with Crippen molar-refractivity contribution in [1.82, 2.24) is 0 Å². The lowest BCUT2D eigenvalue weighted by atomic mass is 9.78. The SMILES string of the molecule is C#CCCCC1CCC2(C=C1c1ccc(F)cc1)OCCO2. The van der Waals surface area contributed by atoms with E-state index in [1.54, 1.807) is 0 Å². The van der Waals surface area contributed by atoms with Crippen molar-refractivity contribution in [3.8, 4) is 12.3 Å². The third-order valence-electron chi connectivity index (χ3n) is 4.48. The number of benzene rings is 1. The Kier molecular flexibility index (Phi) is 4.61. The topological polar surface area (TPSA) is 18.5 Å². The number of rotatable bonds is 4. The normalized spacial score (nSPS) is 23.3. The molecule has 1 unspecified atom stereocenters. The van der Waals surface area contributed by atoms with Crippen LogP contribution in [0.15, 0.2) is 30.3 Å². The average Bonchev–Trinajstić information content (AvgIpc) is 2.98. The van der Waals surface area contributed by atoms with Crippen molar-refractivity contribution < 1.29 is 13.9 Å². The molecule has 2 nitrogen and oxygen atoms in total. The molecular formula is C19H21FO2. The van der Waals surface area contributed by atoms with Gasteiger partial charge in [-0.3, -0.25) is 0 Å². The average molecular weight is 300 g/mol. The zero-order valence-electron chi connectivity index (χ0n) is 12.7. The second-order valence-electron chi connectivity index (χ2n) is 5.95. The summed E-state index contributed by atoms with van der Waals surface area (Å²) in [6.07, 6.45) is 12.2. The van der Waals surface area contributed by atoms with E-state index in [9.17, 15) is 4.39 Å². The van der Waals surface area contributed by atoms with Crippen LogP contribution in [0.25, 0.3) is 5.57 Å². The van der Waals surface area contributed by atoms with Gasteiger partial charge in [-0.25, -0.2) is 4.39 Å². The van der Waals surface area contributed by atoms with Crippen molar-refractivity contribution in [2.45, 2.75) is 37.9 Å². The van der Waals surface area contributed by atoms with E-state index in [2.05, 4.69) is 12.0 Å². The lowest BCUT2D eigenvalue weighted by Gasteiger charge is -2.34. The van der Waals surface area contributed by atoms with Gasteiger partial charge in [-0.1, -0.05) is 12.1 Å². The fourth-order valence-electron chi connectivity index (χ4n) is 3.37. The number of unbranched alkanes of at least 4 members (excludes halogenated alkanes) is 1. The third kappa shape index (κ3) is 3.24. The van der Waals surface area contributed by atoms with Crippen molar-refractivity contribution in [3.63, 3.8) is 0 Å². The van der Waals surface area contributed by atoms with Crippen LogP contribution in [-0.4, -0.2) is 19.0 Å². The van der Waals surface area contributed by atoms with Gasteiger partial charge in [0.25, 0.3) is 0 Å². The number of allylic oxidation sites excluding steroid dienone is 1. The maximum Gasteiger partial charge on any atom is 0.188 e. The van der Waals surface area contributed by atoms with E-state index in [0.717, 1.165) is 37.7 Å². The molecular weight excluding hydrogens is 279 g/mol. The number of hydrogen-bond donors (Lipinski definition) is 0. The monoisotopic (exact) mass is 300 g/mol. The maximum atomic E-state index is 13.2. The summed E-state index contributed by atoms with van der Waals surface area (Å²) >= 11 is 0. The second kappa shape index (κ2) is 6.64. The molecule has 0 N–H and O–H groups in total. The van der Waals surface area contributed by atoms with Crippen LogP contribution in [-0.2, 0) is 9.47 Å². The molecule has 2 aliphatic rings.